The fourth-order valence-electron chi connectivity index (χ4n) is 1.78. The van der Waals surface area contributed by atoms with Crippen LogP contribution >= 0.6 is 11.8 Å². The molecule has 0 aromatic carbocycles. The first-order valence-corrected chi connectivity index (χ1v) is 5.46. The van der Waals surface area contributed by atoms with Crippen molar-refractivity contribution < 1.29 is 9.84 Å². The van der Waals surface area contributed by atoms with Crippen molar-refractivity contribution in [3.8, 4) is 0 Å². The van der Waals surface area contributed by atoms with Gasteiger partial charge in [-0.2, -0.15) is 11.8 Å². The lowest BCUT2D eigenvalue weighted by atomic mass is 9.95. The molecule has 0 radical (unpaired) electrons. The van der Waals surface area contributed by atoms with E-state index >= 15 is 0 Å². The summed E-state index contributed by atoms with van der Waals surface area (Å²) in [4.78, 5) is 0. The average molecular weight is 186 g/mol. The van der Waals surface area contributed by atoms with Gasteiger partial charge in [0.1, 0.15) is 11.4 Å². The van der Waals surface area contributed by atoms with Crippen molar-refractivity contribution in [2.75, 3.05) is 12.4 Å². The molecule has 0 bridgehead atoms. The zero-order chi connectivity index (χ0) is 8.60. The third-order valence-corrected chi connectivity index (χ3v) is 3.99. The molecule has 0 aromatic heterocycles. The fourth-order valence-corrected chi connectivity index (χ4v) is 3.07. The summed E-state index contributed by atoms with van der Waals surface area (Å²) in [7, 11) is 0. The summed E-state index contributed by atoms with van der Waals surface area (Å²) in [5.74, 6) is 1.86. The smallest absolute Gasteiger partial charge is 0.133 e. The molecule has 68 valence electrons. The van der Waals surface area contributed by atoms with Gasteiger partial charge in [0, 0.05) is 11.7 Å². The molecule has 2 heterocycles. The van der Waals surface area contributed by atoms with Crippen LogP contribution in [0.15, 0.2) is 11.8 Å². The molecule has 3 heteroatoms. The van der Waals surface area contributed by atoms with Crippen LogP contribution in [0.2, 0.25) is 0 Å². The van der Waals surface area contributed by atoms with E-state index in [2.05, 4.69) is 6.92 Å². The standard InChI is InChI=1S/C9H14O2S/c1-7-9(10,4-6-12-7)8-3-2-5-11-8/h3,7,10H,2,4-6H2,1H3. The van der Waals surface area contributed by atoms with Crippen molar-refractivity contribution in [3.63, 3.8) is 0 Å². The lowest BCUT2D eigenvalue weighted by Gasteiger charge is -2.27. The van der Waals surface area contributed by atoms with Crippen molar-refractivity contribution >= 4 is 11.8 Å². The van der Waals surface area contributed by atoms with Crippen molar-refractivity contribution in [1.82, 2.24) is 0 Å². The fraction of sp³-hybridized carbons (Fsp3) is 0.778. The highest BCUT2D eigenvalue weighted by molar-refractivity contribution is 8.00. The SMILES string of the molecule is CC1SCCC1(O)C1=CCCO1. The van der Waals surface area contributed by atoms with Gasteiger partial charge in [0.2, 0.25) is 0 Å². The van der Waals surface area contributed by atoms with Crippen LogP contribution in [0.4, 0.5) is 0 Å². The molecular weight excluding hydrogens is 172 g/mol. The zero-order valence-corrected chi connectivity index (χ0v) is 8.06. The van der Waals surface area contributed by atoms with Gasteiger partial charge in [-0.25, -0.2) is 0 Å². The van der Waals surface area contributed by atoms with Gasteiger partial charge in [-0.15, -0.1) is 0 Å². The summed E-state index contributed by atoms with van der Waals surface area (Å²) >= 11 is 1.82. The van der Waals surface area contributed by atoms with Gasteiger partial charge in [0.15, 0.2) is 0 Å². The second-order valence-corrected chi connectivity index (χ2v) is 4.84. The quantitative estimate of drug-likeness (QED) is 0.673. The van der Waals surface area contributed by atoms with E-state index in [1.807, 2.05) is 17.8 Å². The first-order chi connectivity index (χ1) is 5.73. The second kappa shape index (κ2) is 2.96. The number of ether oxygens (including phenoxy) is 1. The Morgan fingerprint density at radius 1 is 1.75 bits per heavy atom. The van der Waals surface area contributed by atoms with Gasteiger partial charge in [-0.3, -0.25) is 0 Å². The number of thioether (sulfide) groups is 1. The Kier molecular flexibility index (Phi) is 2.09. The summed E-state index contributed by atoms with van der Waals surface area (Å²) in [6, 6.07) is 0. The third-order valence-electron chi connectivity index (χ3n) is 2.66. The predicted octanol–water partition coefficient (Wildman–Crippen LogP) is 1.55. The maximum Gasteiger partial charge on any atom is 0.133 e. The van der Waals surface area contributed by atoms with E-state index < -0.39 is 5.60 Å². The van der Waals surface area contributed by atoms with Crippen LogP contribution in [0, 0.1) is 0 Å². The highest BCUT2D eigenvalue weighted by Crippen LogP contribution is 2.42. The summed E-state index contributed by atoms with van der Waals surface area (Å²) in [5.41, 5.74) is -0.666. The summed E-state index contributed by atoms with van der Waals surface area (Å²) in [6.45, 7) is 2.81. The Bertz CT molecular complexity index is 215. The van der Waals surface area contributed by atoms with Gasteiger partial charge >= 0.3 is 0 Å². The van der Waals surface area contributed by atoms with Crippen molar-refractivity contribution in [2.24, 2.45) is 0 Å². The largest absolute Gasteiger partial charge is 0.495 e. The predicted molar refractivity (Wildman–Crippen MR) is 50.1 cm³/mol. The Morgan fingerprint density at radius 2 is 2.58 bits per heavy atom. The molecular formula is C9H14O2S. The minimum absolute atomic E-state index is 0.279. The van der Waals surface area contributed by atoms with E-state index in [9.17, 15) is 5.11 Å². The average Bonchev–Trinajstić information content (AvgIpc) is 2.62. The molecule has 2 rings (SSSR count). The summed E-state index contributed by atoms with van der Waals surface area (Å²) in [5, 5.41) is 10.5. The molecule has 2 nitrogen and oxygen atoms in total. The normalized spacial score (nSPS) is 41.2. The molecule has 12 heavy (non-hydrogen) atoms. The van der Waals surface area contributed by atoms with Crippen LogP contribution in [0.5, 0.6) is 0 Å². The monoisotopic (exact) mass is 186 g/mol. The third kappa shape index (κ3) is 1.15. The van der Waals surface area contributed by atoms with Gasteiger partial charge < -0.3 is 9.84 Å². The van der Waals surface area contributed by atoms with E-state index in [1.54, 1.807) is 0 Å². The molecule has 1 saturated heterocycles. The first-order valence-electron chi connectivity index (χ1n) is 4.41. The highest BCUT2D eigenvalue weighted by atomic mass is 32.2. The van der Waals surface area contributed by atoms with Crippen LogP contribution in [0.1, 0.15) is 19.8 Å². The van der Waals surface area contributed by atoms with E-state index in [0.29, 0.717) is 0 Å². The van der Waals surface area contributed by atoms with Gasteiger partial charge in [-0.05, 0) is 18.2 Å². The number of hydrogen-bond acceptors (Lipinski definition) is 3. The van der Waals surface area contributed by atoms with E-state index in [4.69, 9.17) is 4.74 Å². The molecule has 2 aliphatic rings. The molecule has 0 amide bonds. The number of aliphatic hydroxyl groups is 1. The van der Waals surface area contributed by atoms with Crippen LogP contribution < -0.4 is 0 Å². The van der Waals surface area contributed by atoms with E-state index in [1.165, 1.54) is 0 Å². The molecule has 0 aromatic rings. The van der Waals surface area contributed by atoms with Gasteiger partial charge in [-0.1, -0.05) is 6.92 Å². The van der Waals surface area contributed by atoms with Crippen molar-refractivity contribution in [3.05, 3.63) is 11.8 Å². The summed E-state index contributed by atoms with van der Waals surface area (Å²) in [6.07, 6.45) is 3.82. The minimum Gasteiger partial charge on any atom is -0.495 e. The molecule has 1 N–H and O–H groups in total. The lowest BCUT2D eigenvalue weighted by Crippen LogP contribution is -2.37. The van der Waals surface area contributed by atoms with Crippen LogP contribution in [0.3, 0.4) is 0 Å². The number of hydrogen-bond donors (Lipinski definition) is 1. The molecule has 1 fully saturated rings. The van der Waals surface area contributed by atoms with Crippen LogP contribution in [-0.4, -0.2) is 28.3 Å². The first kappa shape index (κ1) is 8.45. The Hall–Kier alpha value is -0.150. The second-order valence-electron chi connectivity index (χ2n) is 3.39. The molecule has 0 saturated carbocycles. The van der Waals surface area contributed by atoms with Gasteiger partial charge in [0.25, 0.3) is 0 Å². The lowest BCUT2D eigenvalue weighted by molar-refractivity contribution is 0.0239. The molecule has 0 spiro atoms. The van der Waals surface area contributed by atoms with Crippen molar-refractivity contribution in [1.29, 1.82) is 0 Å². The maximum absolute atomic E-state index is 10.2. The Morgan fingerprint density at radius 3 is 3.08 bits per heavy atom. The molecule has 2 atom stereocenters. The number of rotatable bonds is 1. The molecule has 0 aliphatic carbocycles. The molecule has 2 aliphatic heterocycles. The van der Waals surface area contributed by atoms with Gasteiger partial charge in [0.05, 0.1) is 6.61 Å². The Balaban J connectivity index is 2.18. The highest BCUT2D eigenvalue weighted by Gasteiger charge is 2.44. The maximum atomic E-state index is 10.2. The topological polar surface area (TPSA) is 29.5 Å². The van der Waals surface area contributed by atoms with E-state index in [0.717, 1.165) is 31.0 Å². The molecule has 2 unspecified atom stereocenters. The summed E-state index contributed by atoms with van der Waals surface area (Å²) < 4.78 is 5.41. The van der Waals surface area contributed by atoms with E-state index in [-0.39, 0.29) is 5.25 Å². The van der Waals surface area contributed by atoms with Crippen LogP contribution in [0.25, 0.3) is 0 Å². The van der Waals surface area contributed by atoms with Crippen molar-refractivity contribution in [2.45, 2.75) is 30.6 Å². The zero-order valence-electron chi connectivity index (χ0n) is 7.25. The Labute approximate surface area is 77.0 Å². The van der Waals surface area contributed by atoms with Crippen LogP contribution in [-0.2, 0) is 4.74 Å². The minimum atomic E-state index is -0.666.